The molecule has 44 heavy (non-hydrogen) atoms. The molecule has 2 nitrogen and oxygen atoms in total. The van der Waals surface area contributed by atoms with Crippen LogP contribution in [0.25, 0.3) is 77.2 Å². The van der Waals surface area contributed by atoms with Crippen molar-refractivity contribution < 1.29 is 0 Å². The summed E-state index contributed by atoms with van der Waals surface area (Å²) in [6.07, 6.45) is 0. The zero-order valence-electron chi connectivity index (χ0n) is 24.1. The monoisotopic (exact) mass is 560 g/mol. The summed E-state index contributed by atoms with van der Waals surface area (Å²) in [6, 6.07) is 61.4. The smallest absolute Gasteiger partial charge is 0.0788 e. The van der Waals surface area contributed by atoms with Gasteiger partial charge in [0.15, 0.2) is 0 Å². The van der Waals surface area contributed by atoms with Gasteiger partial charge in [0.1, 0.15) is 0 Å². The van der Waals surface area contributed by atoms with Crippen molar-refractivity contribution in [1.29, 1.82) is 0 Å². The molecule has 0 amide bonds. The zero-order valence-corrected chi connectivity index (χ0v) is 24.1. The van der Waals surface area contributed by atoms with E-state index in [4.69, 9.17) is 0 Å². The van der Waals surface area contributed by atoms with Gasteiger partial charge in [-0.3, -0.25) is 0 Å². The first-order chi connectivity index (χ1) is 21.8. The van der Waals surface area contributed by atoms with E-state index in [9.17, 15) is 0 Å². The molecule has 0 aliphatic carbocycles. The Labute approximate surface area is 255 Å². The quantitative estimate of drug-likeness (QED) is 0.203. The molecule has 9 aromatic rings. The summed E-state index contributed by atoms with van der Waals surface area (Å²) in [7, 11) is 0. The lowest BCUT2D eigenvalue weighted by atomic mass is 10.0. The van der Waals surface area contributed by atoms with Gasteiger partial charge in [-0.2, -0.15) is 0 Å². The maximum absolute atomic E-state index is 2.47. The first-order valence-electron chi connectivity index (χ1n) is 15.1. The number of aromatic nitrogens is 2. The minimum Gasteiger partial charge on any atom is -0.307 e. The molecule has 0 N–H and O–H groups in total. The maximum Gasteiger partial charge on any atom is 0.0788 e. The topological polar surface area (TPSA) is 9.86 Å². The SMILES string of the molecule is c1ccc(-c2cccc(-n3c4ccccc4c4ccc5c6ccccc6n(-c6cccc(-c7ccccc7)c6)c5c43)c2)cc1. The minimum absolute atomic E-state index is 1.15. The Morgan fingerprint density at radius 1 is 0.273 bits per heavy atom. The van der Waals surface area contributed by atoms with Crippen LogP contribution in [0.3, 0.4) is 0 Å². The average Bonchev–Trinajstić information content (AvgIpc) is 3.62. The maximum atomic E-state index is 2.47. The van der Waals surface area contributed by atoms with Gasteiger partial charge in [0.2, 0.25) is 0 Å². The van der Waals surface area contributed by atoms with E-state index in [2.05, 4.69) is 179 Å². The van der Waals surface area contributed by atoms with E-state index in [0.29, 0.717) is 0 Å². The van der Waals surface area contributed by atoms with Crippen LogP contribution in [0.2, 0.25) is 0 Å². The van der Waals surface area contributed by atoms with Gasteiger partial charge < -0.3 is 9.13 Å². The Morgan fingerprint density at radius 2 is 0.659 bits per heavy atom. The van der Waals surface area contributed by atoms with E-state index in [1.165, 1.54) is 65.9 Å². The van der Waals surface area contributed by atoms with Crippen LogP contribution >= 0.6 is 0 Å². The molecule has 2 heterocycles. The van der Waals surface area contributed by atoms with Gasteiger partial charge in [0.25, 0.3) is 0 Å². The Bertz CT molecular complexity index is 2300. The summed E-state index contributed by atoms with van der Waals surface area (Å²) in [4.78, 5) is 0. The van der Waals surface area contributed by atoms with Crippen LogP contribution in [-0.4, -0.2) is 9.13 Å². The Kier molecular flexibility index (Phi) is 5.54. The average molecular weight is 561 g/mol. The van der Waals surface area contributed by atoms with Crippen molar-refractivity contribution >= 4 is 43.6 Å². The van der Waals surface area contributed by atoms with E-state index < -0.39 is 0 Å². The second-order valence-corrected chi connectivity index (χ2v) is 11.4. The first kappa shape index (κ1) is 24.7. The highest BCUT2D eigenvalue weighted by atomic mass is 15.0. The second kappa shape index (κ2) is 9.86. The highest BCUT2D eigenvalue weighted by molar-refractivity contribution is 6.23. The van der Waals surface area contributed by atoms with E-state index in [1.807, 2.05) is 0 Å². The van der Waals surface area contributed by atoms with Crippen LogP contribution in [0.1, 0.15) is 0 Å². The Hall–Kier alpha value is -5.86. The first-order valence-corrected chi connectivity index (χ1v) is 15.1. The molecular formula is C42H28N2. The molecule has 2 aromatic heterocycles. The van der Waals surface area contributed by atoms with Gasteiger partial charge in [-0.15, -0.1) is 0 Å². The van der Waals surface area contributed by atoms with Gasteiger partial charge in [-0.25, -0.2) is 0 Å². The van der Waals surface area contributed by atoms with Gasteiger partial charge >= 0.3 is 0 Å². The molecule has 0 fully saturated rings. The lowest BCUT2D eigenvalue weighted by molar-refractivity contribution is 1.15. The van der Waals surface area contributed by atoms with E-state index in [1.54, 1.807) is 0 Å². The molecule has 9 rings (SSSR count). The van der Waals surface area contributed by atoms with Gasteiger partial charge in [0.05, 0.1) is 22.1 Å². The molecule has 0 spiro atoms. The molecule has 0 radical (unpaired) electrons. The molecule has 0 unspecified atom stereocenters. The molecule has 0 bridgehead atoms. The largest absolute Gasteiger partial charge is 0.307 e. The standard InChI is InChI=1S/C42H28N2/c1-3-13-29(14-4-1)31-17-11-19-33(27-31)43-39-23-9-7-21-35(39)37-25-26-38-36-22-8-10-24-40(36)44(42(38)41(37)43)34-20-12-18-32(28-34)30-15-5-2-6-16-30/h1-28H. The number of fused-ring (bicyclic) bond motifs is 7. The third kappa shape index (κ3) is 3.75. The van der Waals surface area contributed by atoms with Crippen molar-refractivity contribution in [1.82, 2.24) is 9.13 Å². The number of hydrogen-bond donors (Lipinski definition) is 0. The van der Waals surface area contributed by atoms with Crippen LogP contribution < -0.4 is 0 Å². The number of benzene rings is 7. The number of rotatable bonds is 4. The van der Waals surface area contributed by atoms with Crippen LogP contribution in [0.5, 0.6) is 0 Å². The number of para-hydroxylation sites is 2. The van der Waals surface area contributed by atoms with Crippen LogP contribution in [0, 0.1) is 0 Å². The normalized spacial score (nSPS) is 11.6. The lowest BCUT2D eigenvalue weighted by Gasteiger charge is -2.14. The zero-order chi connectivity index (χ0) is 29.0. The molecule has 0 atom stereocenters. The Morgan fingerprint density at radius 3 is 1.11 bits per heavy atom. The third-order valence-electron chi connectivity index (χ3n) is 8.89. The van der Waals surface area contributed by atoms with Gasteiger partial charge in [0, 0.05) is 32.9 Å². The predicted octanol–water partition coefficient (Wildman–Crippen LogP) is 11.2. The molecule has 7 aromatic carbocycles. The van der Waals surface area contributed by atoms with E-state index in [0.717, 1.165) is 11.4 Å². The molecule has 0 saturated carbocycles. The van der Waals surface area contributed by atoms with Crippen LogP contribution in [0.15, 0.2) is 170 Å². The third-order valence-corrected chi connectivity index (χ3v) is 8.89. The van der Waals surface area contributed by atoms with Crippen molar-refractivity contribution in [3.8, 4) is 33.6 Å². The lowest BCUT2D eigenvalue weighted by Crippen LogP contribution is -1.99. The van der Waals surface area contributed by atoms with Crippen molar-refractivity contribution in [2.75, 3.05) is 0 Å². The molecule has 0 aliphatic rings. The number of hydrogen-bond acceptors (Lipinski definition) is 0. The molecule has 0 aliphatic heterocycles. The molecule has 206 valence electrons. The van der Waals surface area contributed by atoms with Crippen molar-refractivity contribution in [2.45, 2.75) is 0 Å². The molecule has 0 saturated heterocycles. The summed E-state index contributed by atoms with van der Waals surface area (Å²) in [5, 5.41) is 5.01. The highest BCUT2D eigenvalue weighted by Crippen LogP contribution is 2.42. The molecule has 2 heteroatoms. The fraction of sp³-hybridized carbons (Fsp3) is 0. The second-order valence-electron chi connectivity index (χ2n) is 11.4. The highest BCUT2D eigenvalue weighted by Gasteiger charge is 2.21. The summed E-state index contributed by atoms with van der Waals surface area (Å²) in [5.41, 5.74) is 12.0. The van der Waals surface area contributed by atoms with Crippen LogP contribution in [0.4, 0.5) is 0 Å². The number of nitrogens with zero attached hydrogens (tertiary/aromatic N) is 2. The summed E-state index contributed by atoms with van der Waals surface area (Å²) >= 11 is 0. The fourth-order valence-corrected chi connectivity index (χ4v) is 6.95. The van der Waals surface area contributed by atoms with Crippen molar-refractivity contribution in [2.24, 2.45) is 0 Å². The van der Waals surface area contributed by atoms with Crippen molar-refractivity contribution in [3.63, 3.8) is 0 Å². The Balaban J connectivity index is 1.42. The summed E-state index contributed by atoms with van der Waals surface area (Å²) in [5.74, 6) is 0. The minimum atomic E-state index is 1.15. The van der Waals surface area contributed by atoms with E-state index >= 15 is 0 Å². The van der Waals surface area contributed by atoms with E-state index in [-0.39, 0.29) is 0 Å². The summed E-state index contributed by atoms with van der Waals surface area (Å²) in [6.45, 7) is 0. The van der Waals surface area contributed by atoms with Crippen LogP contribution in [-0.2, 0) is 0 Å². The predicted molar refractivity (Wildman–Crippen MR) is 186 cm³/mol. The van der Waals surface area contributed by atoms with Gasteiger partial charge in [-0.1, -0.05) is 133 Å². The fourth-order valence-electron chi connectivity index (χ4n) is 6.95. The van der Waals surface area contributed by atoms with Crippen molar-refractivity contribution in [3.05, 3.63) is 170 Å². The molecular weight excluding hydrogens is 532 g/mol. The summed E-state index contributed by atoms with van der Waals surface area (Å²) < 4.78 is 4.94. The van der Waals surface area contributed by atoms with Gasteiger partial charge in [-0.05, 0) is 58.7 Å².